The average molecular weight is 126 g/mol. The summed E-state index contributed by atoms with van der Waals surface area (Å²) >= 11 is 0. The Bertz CT molecular complexity index is 162. The zero-order chi connectivity index (χ0) is 7.07. The molecule has 0 aromatic heterocycles. The van der Waals surface area contributed by atoms with E-state index in [1.54, 1.807) is 6.92 Å². The Morgan fingerprint density at radius 2 is 2.22 bits per heavy atom. The van der Waals surface area contributed by atoms with Crippen molar-refractivity contribution in [1.82, 2.24) is 0 Å². The van der Waals surface area contributed by atoms with Gasteiger partial charge in [-0.3, -0.25) is 4.79 Å². The number of hydrogen-bond acceptors (Lipinski definition) is 1. The quantitative estimate of drug-likeness (QED) is 0.539. The van der Waals surface area contributed by atoms with Crippen LogP contribution >= 0.6 is 0 Å². The van der Waals surface area contributed by atoms with Crippen LogP contribution in [0.1, 0.15) is 19.8 Å². The van der Waals surface area contributed by atoms with E-state index in [1.165, 1.54) is 0 Å². The van der Waals surface area contributed by atoms with Crippen LogP contribution in [0.25, 0.3) is 0 Å². The van der Waals surface area contributed by atoms with Gasteiger partial charge in [-0.2, -0.15) is 0 Å². The van der Waals surface area contributed by atoms with Crippen LogP contribution in [0.2, 0.25) is 0 Å². The first-order valence-corrected chi connectivity index (χ1v) is 2.95. The topological polar surface area (TPSA) is 37.3 Å². The summed E-state index contributed by atoms with van der Waals surface area (Å²) in [5.41, 5.74) is 0.566. The van der Waals surface area contributed by atoms with Gasteiger partial charge in [-0.05, 0) is 19.8 Å². The minimum Gasteiger partial charge on any atom is -0.481 e. The van der Waals surface area contributed by atoms with Gasteiger partial charge in [0.2, 0.25) is 0 Å². The molecule has 1 aliphatic rings. The lowest BCUT2D eigenvalue weighted by Gasteiger charge is -2.35. The Kier molecular flexibility index (Phi) is 1.12. The minimum atomic E-state index is -0.699. The average Bonchev–Trinajstić information content (AvgIpc) is 1.62. The third kappa shape index (κ3) is 0.846. The van der Waals surface area contributed by atoms with Crippen molar-refractivity contribution in [3.8, 4) is 0 Å². The fraction of sp³-hybridized carbons (Fsp3) is 0.571. The number of allylic oxidation sites excluding steroid dienone is 1. The molecule has 0 radical (unpaired) electrons. The molecule has 0 atom stereocenters. The van der Waals surface area contributed by atoms with E-state index in [1.807, 2.05) is 0 Å². The molecule has 0 saturated heterocycles. The molecule has 1 saturated carbocycles. The number of carboxylic acids is 1. The first-order chi connectivity index (χ1) is 4.04. The highest BCUT2D eigenvalue weighted by atomic mass is 16.4. The van der Waals surface area contributed by atoms with Crippen molar-refractivity contribution in [2.75, 3.05) is 0 Å². The Morgan fingerprint density at radius 1 is 1.78 bits per heavy atom. The molecule has 0 aromatic carbocycles. The molecule has 0 bridgehead atoms. The standard InChI is InChI=1S/C7H10O2/c1-5-3-7(2,4-5)6(8)9/h1,3-4H2,2H3,(H,8,9). The van der Waals surface area contributed by atoms with Gasteiger partial charge in [0.1, 0.15) is 0 Å². The third-order valence-electron chi connectivity index (χ3n) is 1.80. The van der Waals surface area contributed by atoms with Gasteiger partial charge in [-0.25, -0.2) is 0 Å². The van der Waals surface area contributed by atoms with Crippen molar-refractivity contribution in [3.63, 3.8) is 0 Å². The van der Waals surface area contributed by atoms with E-state index >= 15 is 0 Å². The summed E-state index contributed by atoms with van der Waals surface area (Å²) in [6.07, 6.45) is 1.31. The van der Waals surface area contributed by atoms with Crippen molar-refractivity contribution in [2.24, 2.45) is 5.41 Å². The summed E-state index contributed by atoms with van der Waals surface area (Å²) in [4.78, 5) is 10.4. The first-order valence-electron chi connectivity index (χ1n) is 2.95. The maximum absolute atomic E-state index is 10.4. The molecule has 1 rings (SSSR count). The zero-order valence-electron chi connectivity index (χ0n) is 5.48. The summed E-state index contributed by atoms with van der Waals surface area (Å²) in [7, 11) is 0. The predicted molar refractivity (Wildman–Crippen MR) is 34.1 cm³/mol. The van der Waals surface area contributed by atoms with Crippen LogP contribution in [0.4, 0.5) is 0 Å². The molecular formula is C7H10O2. The molecule has 0 aromatic rings. The monoisotopic (exact) mass is 126 g/mol. The van der Waals surface area contributed by atoms with E-state index in [0.717, 1.165) is 5.57 Å². The van der Waals surface area contributed by atoms with E-state index < -0.39 is 11.4 Å². The maximum Gasteiger partial charge on any atom is 0.309 e. The highest BCUT2D eigenvalue weighted by Gasteiger charge is 2.41. The van der Waals surface area contributed by atoms with Crippen LogP contribution < -0.4 is 0 Å². The maximum atomic E-state index is 10.4. The third-order valence-corrected chi connectivity index (χ3v) is 1.80. The van der Waals surface area contributed by atoms with Crippen LogP contribution in [0.15, 0.2) is 12.2 Å². The molecule has 2 nitrogen and oxygen atoms in total. The van der Waals surface area contributed by atoms with E-state index in [9.17, 15) is 4.79 Å². The van der Waals surface area contributed by atoms with Crippen molar-refractivity contribution in [2.45, 2.75) is 19.8 Å². The van der Waals surface area contributed by atoms with E-state index in [4.69, 9.17) is 5.11 Å². The van der Waals surface area contributed by atoms with Crippen LogP contribution in [0.3, 0.4) is 0 Å². The van der Waals surface area contributed by atoms with Gasteiger partial charge in [0.25, 0.3) is 0 Å². The van der Waals surface area contributed by atoms with Gasteiger partial charge >= 0.3 is 5.97 Å². The lowest BCUT2D eigenvalue weighted by molar-refractivity contribution is -0.150. The Balaban J connectivity index is 2.60. The molecule has 50 valence electrons. The summed E-state index contributed by atoms with van der Waals surface area (Å²) in [6.45, 7) is 5.43. The van der Waals surface area contributed by atoms with Crippen LogP contribution in [-0.2, 0) is 4.79 Å². The van der Waals surface area contributed by atoms with Crippen LogP contribution in [0, 0.1) is 5.41 Å². The number of carbonyl (C=O) groups is 1. The lowest BCUT2D eigenvalue weighted by Crippen LogP contribution is -2.35. The highest BCUT2D eigenvalue weighted by Crippen LogP contribution is 2.43. The molecular weight excluding hydrogens is 116 g/mol. The van der Waals surface area contributed by atoms with E-state index in [0.29, 0.717) is 12.8 Å². The highest BCUT2D eigenvalue weighted by molar-refractivity contribution is 5.76. The Morgan fingerprint density at radius 3 is 2.33 bits per heavy atom. The molecule has 0 spiro atoms. The zero-order valence-corrected chi connectivity index (χ0v) is 5.48. The fourth-order valence-corrected chi connectivity index (χ4v) is 1.20. The molecule has 0 amide bonds. The Hall–Kier alpha value is -0.790. The number of hydrogen-bond donors (Lipinski definition) is 1. The van der Waals surface area contributed by atoms with Gasteiger partial charge in [-0.1, -0.05) is 12.2 Å². The second kappa shape index (κ2) is 1.59. The molecule has 1 fully saturated rings. The molecule has 9 heavy (non-hydrogen) atoms. The van der Waals surface area contributed by atoms with Crippen LogP contribution in [0.5, 0.6) is 0 Å². The van der Waals surface area contributed by atoms with Gasteiger partial charge in [-0.15, -0.1) is 0 Å². The van der Waals surface area contributed by atoms with Gasteiger partial charge in [0.05, 0.1) is 5.41 Å². The molecule has 0 unspecified atom stereocenters. The molecule has 0 heterocycles. The second-order valence-corrected chi connectivity index (χ2v) is 2.97. The van der Waals surface area contributed by atoms with Gasteiger partial charge in [0, 0.05) is 0 Å². The number of rotatable bonds is 1. The molecule has 1 aliphatic carbocycles. The fourth-order valence-electron chi connectivity index (χ4n) is 1.20. The van der Waals surface area contributed by atoms with Crippen molar-refractivity contribution in [3.05, 3.63) is 12.2 Å². The summed E-state index contributed by atoms with van der Waals surface area (Å²) < 4.78 is 0. The predicted octanol–water partition coefficient (Wildman–Crippen LogP) is 1.43. The number of aliphatic carboxylic acids is 1. The normalized spacial score (nSPS) is 23.0. The molecule has 2 heteroatoms. The smallest absolute Gasteiger partial charge is 0.309 e. The van der Waals surface area contributed by atoms with Crippen molar-refractivity contribution in [1.29, 1.82) is 0 Å². The van der Waals surface area contributed by atoms with Gasteiger partial charge < -0.3 is 5.11 Å². The molecule has 0 aliphatic heterocycles. The summed E-state index contributed by atoms with van der Waals surface area (Å²) in [5.74, 6) is -0.699. The van der Waals surface area contributed by atoms with E-state index in [2.05, 4.69) is 6.58 Å². The SMILES string of the molecule is C=C1CC(C)(C(=O)O)C1. The lowest BCUT2D eigenvalue weighted by atomic mass is 9.68. The summed E-state index contributed by atoms with van der Waals surface area (Å²) in [5, 5.41) is 8.57. The second-order valence-electron chi connectivity index (χ2n) is 2.97. The first kappa shape index (κ1) is 6.33. The minimum absolute atomic E-state index is 0.489. The van der Waals surface area contributed by atoms with E-state index in [-0.39, 0.29) is 0 Å². The Labute approximate surface area is 54.2 Å². The van der Waals surface area contributed by atoms with Crippen LogP contribution in [-0.4, -0.2) is 11.1 Å². The van der Waals surface area contributed by atoms with Crippen molar-refractivity contribution >= 4 is 5.97 Å². The summed E-state index contributed by atoms with van der Waals surface area (Å²) in [6, 6.07) is 0. The van der Waals surface area contributed by atoms with Crippen molar-refractivity contribution < 1.29 is 9.90 Å². The molecule has 1 N–H and O–H groups in total. The van der Waals surface area contributed by atoms with Gasteiger partial charge in [0.15, 0.2) is 0 Å². The largest absolute Gasteiger partial charge is 0.481 e. The number of carboxylic acid groups (broad SMARTS) is 1.